The molecule has 0 bridgehead atoms. The molecule has 37 heavy (non-hydrogen) atoms. The summed E-state index contributed by atoms with van der Waals surface area (Å²) in [6, 6.07) is 20.5. The van der Waals surface area contributed by atoms with E-state index in [1.54, 1.807) is 14.2 Å². The van der Waals surface area contributed by atoms with Crippen molar-refractivity contribution in [2.24, 2.45) is 0 Å². The molecule has 1 N–H and O–H groups in total. The second kappa shape index (κ2) is 9.90. The third-order valence-electron chi connectivity index (χ3n) is 7.00. The van der Waals surface area contributed by atoms with Gasteiger partial charge in [0.1, 0.15) is 11.5 Å². The van der Waals surface area contributed by atoms with Gasteiger partial charge in [0.05, 0.1) is 37.7 Å². The predicted octanol–water partition coefficient (Wildman–Crippen LogP) is 6.30. The molecule has 0 amide bonds. The minimum atomic E-state index is -0.145. The predicted molar refractivity (Wildman–Crippen MR) is 152 cm³/mol. The molecule has 190 valence electrons. The monoisotopic (exact) mass is 512 g/mol. The fourth-order valence-electron chi connectivity index (χ4n) is 5.48. The van der Waals surface area contributed by atoms with Crippen LogP contribution in [0.4, 0.5) is 5.69 Å². The largest absolute Gasteiger partial charge is 0.497 e. The molecule has 2 atom stereocenters. The van der Waals surface area contributed by atoms with E-state index in [1.165, 1.54) is 16.7 Å². The molecule has 2 aromatic heterocycles. The minimum Gasteiger partial charge on any atom is -0.497 e. The van der Waals surface area contributed by atoms with Crippen molar-refractivity contribution in [2.75, 3.05) is 19.1 Å². The number of ether oxygens (including phenoxy) is 2. The van der Waals surface area contributed by atoms with Crippen LogP contribution in [-0.4, -0.2) is 28.9 Å². The molecule has 3 heterocycles. The first-order chi connectivity index (χ1) is 17.8. The first kappa shape index (κ1) is 24.8. The highest BCUT2D eigenvalue weighted by atomic mass is 32.1. The zero-order chi connectivity index (χ0) is 26.3. The van der Waals surface area contributed by atoms with Crippen LogP contribution in [0.5, 0.6) is 11.5 Å². The van der Waals surface area contributed by atoms with Crippen molar-refractivity contribution in [3.05, 3.63) is 101 Å². The number of anilines is 1. The van der Waals surface area contributed by atoms with Gasteiger partial charge in [-0.2, -0.15) is 0 Å². The van der Waals surface area contributed by atoms with E-state index in [9.17, 15) is 0 Å². The SMILES string of the molecule is COc1ccc(N2C(=S)N[C@@H](c3ccccn3)[C@@H]2c2cc(C)n(-c3cc(C)cc(C)c3)c2C)c(OC)c1. The van der Waals surface area contributed by atoms with Crippen LogP contribution in [0, 0.1) is 27.7 Å². The molecule has 0 aliphatic carbocycles. The fraction of sp³-hybridized carbons (Fsp3) is 0.267. The zero-order valence-electron chi connectivity index (χ0n) is 22.1. The number of methoxy groups -OCH3 is 2. The van der Waals surface area contributed by atoms with Crippen molar-refractivity contribution >= 4 is 23.0 Å². The summed E-state index contributed by atoms with van der Waals surface area (Å²) >= 11 is 5.95. The first-order valence-corrected chi connectivity index (χ1v) is 12.7. The van der Waals surface area contributed by atoms with Gasteiger partial charge in [-0.1, -0.05) is 12.1 Å². The summed E-state index contributed by atoms with van der Waals surface area (Å²) in [5.74, 6) is 1.42. The number of pyridine rings is 1. The number of aryl methyl sites for hydroxylation is 3. The van der Waals surface area contributed by atoms with E-state index in [0.717, 1.165) is 34.2 Å². The maximum atomic E-state index is 5.95. The van der Waals surface area contributed by atoms with Gasteiger partial charge in [0, 0.05) is 29.3 Å². The lowest BCUT2D eigenvalue weighted by molar-refractivity contribution is 0.394. The summed E-state index contributed by atoms with van der Waals surface area (Å²) in [6.07, 6.45) is 1.83. The van der Waals surface area contributed by atoms with Crippen LogP contribution in [0.15, 0.2) is 66.9 Å². The lowest BCUT2D eigenvalue weighted by Gasteiger charge is -2.29. The molecule has 1 fully saturated rings. The number of aromatic nitrogens is 2. The van der Waals surface area contributed by atoms with Gasteiger partial charge >= 0.3 is 0 Å². The van der Waals surface area contributed by atoms with E-state index < -0.39 is 0 Å². The van der Waals surface area contributed by atoms with Crippen molar-refractivity contribution < 1.29 is 9.47 Å². The number of thiocarbonyl (C=S) groups is 1. The van der Waals surface area contributed by atoms with E-state index in [4.69, 9.17) is 26.7 Å². The van der Waals surface area contributed by atoms with Crippen molar-refractivity contribution in [1.29, 1.82) is 0 Å². The van der Waals surface area contributed by atoms with Crippen LogP contribution in [0.25, 0.3) is 5.69 Å². The number of nitrogens with one attached hydrogen (secondary N) is 1. The van der Waals surface area contributed by atoms with Crippen molar-refractivity contribution in [1.82, 2.24) is 14.9 Å². The normalized spacial score (nSPS) is 17.1. The number of rotatable bonds is 6. The Morgan fingerprint density at radius 2 is 1.65 bits per heavy atom. The molecular formula is C30H32N4O2S. The lowest BCUT2D eigenvalue weighted by Crippen LogP contribution is -2.30. The molecule has 0 unspecified atom stereocenters. The number of hydrogen-bond acceptors (Lipinski definition) is 4. The summed E-state index contributed by atoms with van der Waals surface area (Å²) < 4.78 is 13.6. The number of hydrogen-bond donors (Lipinski definition) is 1. The maximum Gasteiger partial charge on any atom is 0.174 e. The van der Waals surface area contributed by atoms with E-state index in [1.807, 2.05) is 42.6 Å². The Hall–Kier alpha value is -3.84. The molecule has 1 aliphatic heterocycles. The van der Waals surface area contributed by atoms with Gasteiger partial charge < -0.3 is 24.3 Å². The van der Waals surface area contributed by atoms with E-state index in [2.05, 4.69) is 66.7 Å². The molecule has 5 rings (SSSR count). The highest BCUT2D eigenvalue weighted by molar-refractivity contribution is 7.80. The van der Waals surface area contributed by atoms with Crippen LogP contribution in [-0.2, 0) is 0 Å². The second-order valence-electron chi connectivity index (χ2n) is 9.54. The Morgan fingerprint density at radius 3 is 2.30 bits per heavy atom. The first-order valence-electron chi connectivity index (χ1n) is 12.3. The highest BCUT2D eigenvalue weighted by Gasteiger charge is 2.43. The lowest BCUT2D eigenvalue weighted by atomic mass is 9.96. The van der Waals surface area contributed by atoms with E-state index >= 15 is 0 Å². The standard InChI is InChI=1S/C30H32N4O2S/c1-18-13-19(2)15-22(14-18)33-20(3)16-24(21(33)4)29-28(25-9-7-8-12-31-25)32-30(37)34(29)26-11-10-23(35-5)17-27(26)36-6/h7-17,28-29H,1-6H3,(H,32,37)/t28-,29-/m0/s1. The smallest absolute Gasteiger partial charge is 0.174 e. The summed E-state index contributed by atoms with van der Waals surface area (Å²) in [5, 5.41) is 4.19. The molecule has 6 nitrogen and oxygen atoms in total. The average Bonchev–Trinajstić information content (AvgIpc) is 3.38. The summed E-state index contributed by atoms with van der Waals surface area (Å²) in [4.78, 5) is 6.86. The summed E-state index contributed by atoms with van der Waals surface area (Å²) in [6.45, 7) is 8.61. The summed E-state index contributed by atoms with van der Waals surface area (Å²) in [5.41, 5.74) is 8.95. The molecule has 0 spiro atoms. The topological polar surface area (TPSA) is 51.5 Å². The molecular weight excluding hydrogens is 480 g/mol. The molecule has 1 saturated heterocycles. The molecule has 7 heteroatoms. The van der Waals surface area contributed by atoms with E-state index in [-0.39, 0.29) is 12.1 Å². The fourth-order valence-corrected chi connectivity index (χ4v) is 5.82. The van der Waals surface area contributed by atoms with Crippen molar-refractivity contribution in [3.63, 3.8) is 0 Å². The van der Waals surface area contributed by atoms with Crippen molar-refractivity contribution in [2.45, 2.75) is 39.8 Å². The van der Waals surface area contributed by atoms with Gasteiger partial charge in [0.15, 0.2) is 5.11 Å². The molecule has 0 radical (unpaired) electrons. The Balaban J connectivity index is 1.71. The van der Waals surface area contributed by atoms with Gasteiger partial charge in [-0.15, -0.1) is 0 Å². The number of nitrogens with zero attached hydrogens (tertiary/aromatic N) is 3. The van der Waals surface area contributed by atoms with Crippen LogP contribution >= 0.6 is 12.2 Å². The van der Waals surface area contributed by atoms with Crippen LogP contribution in [0.3, 0.4) is 0 Å². The molecule has 1 aliphatic rings. The second-order valence-corrected chi connectivity index (χ2v) is 9.93. The highest BCUT2D eigenvalue weighted by Crippen LogP contribution is 2.46. The van der Waals surface area contributed by atoms with Crippen LogP contribution in [0.2, 0.25) is 0 Å². The van der Waals surface area contributed by atoms with Gasteiger partial charge in [0.2, 0.25) is 0 Å². The van der Waals surface area contributed by atoms with Crippen molar-refractivity contribution in [3.8, 4) is 17.2 Å². The van der Waals surface area contributed by atoms with Gasteiger partial charge in [0.25, 0.3) is 0 Å². The molecule has 0 saturated carbocycles. The third kappa shape index (κ3) is 4.44. The maximum absolute atomic E-state index is 5.95. The van der Waals surface area contributed by atoms with Crippen LogP contribution in [0.1, 0.15) is 45.9 Å². The average molecular weight is 513 g/mol. The molecule has 4 aromatic rings. The Labute approximate surface area is 223 Å². The quantitative estimate of drug-likeness (QED) is 0.306. The van der Waals surface area contributed by atoms with Gasteiger partial charge in [-0.25, -0.2) is 0 Å². The van der Waals surface area contributed by atoms with Gasteiger partial charge in [-0.05, 0) is 99.1 Å². The Kier molecular flexibility index (Phi) is 6.65. The Morgan fingerprint density at radius 1 is 0.892 bits per heavy atom. The van der Waals surface area contributed by atoms with Crippen LogP contribution < -0.4 is 19.7 Å². The third-order valence-corrected chi connectivity index (χ3v) is 7.31. The number of benzene rings is 2. The Bertz CT molecular complexity index is 1440. The summed E-state index contributed by atoms with van der Waals surface area (Å²) in [7, 11) is 3.32. The zero-order valence-corrected chi connectivity index (χ0v) is 22.9. The minimum absolute atomic E-state index is 0.143. The van der Waals surface area contributed by atoms with E-state index in [0.29, 0.717) is 10.9 Å². The molecule has 2 aromatic carbocycles. The van der Waals surface area contributed by atoms with Gasteiger partial charge in [-0.3, -0.25) is 4.98 Å².